The number of carbonyl (C=O) groups excluding carboxylic acids is 2. The lowest BCUT2D eigenvalue weighted by molar-refractivity contribution is -0.147. The van der Waals surface area contributed by atoms with Crippen LogP contribution in [0, 0.1) is 0 Å². The first-order valence-electron chi connectivity index (χ1n) is 7.76. The third-order valence-corrected chi connectivity index (χ3v) is 3.72. The van der Waals surface area contributed by atoms with Gasteiger partial charge in [0.05, 0.1) is 13.2 Å². The largest absolute Gasteiger partial charge is 0.366 e. The van der Waals surface area contributed by atoms with Gasteiger partial charge in [0.1, 0.15) is 6.10 Å². The molecule has 1 aromatic rings. The van der Waals surface area contributed by atoms with Gasteiger partial charge in [-0.2, -0.15) is 0 Å². The highest BCUT2D eigenvalue weighted by atomic mass is 35.5. The Balaban J connectivity index is 0.00000288. The predicted molar refractivity (Wildman–Crippen MR) is 96.8 cm³/mol. The van der Waals surface area contributed by atoms with Crippen molar-refractivity contribution < 1.29 is 14.3 Å². The number of benzene rings is 1. The minimum absolute atomic E-state index is 0. The quantitative estimate of drug-likeness (QED) is 0.796. The summed E-state index contributed by atoms with van der Waals surface area (Å²) in [6.45, 7) is 4.24. The van der Waals surface area contributed by atoms with E-state index in [1.54, 1.807) is 29.2 Å². The maximum Gasteiger partial charge on any atom is 0.253 e. The van der Waals surface area contributed by atoms with E-state index in [9.17, 15) is 9.59 Å². The second-order valence-electron chi connectivity index (χ2n) is 5.38. The van der Waals surface area contributed by atoms with E-state index in [2.05, 4.69) is 10.6 Å². The molecular formula is C16H23Cl2N3O3. The smallest absolute Gasteiger partial charge is 0.253 e. The molecule has 0 aliphatic carbocycles. The number of nitrogens with one attached hydrogen (secondary N) is 2. The molecule has 0 bridgehead atoms. The van der Waals surface area contributed by atoms with Gasteiger partial charge in [0.25, 0.3) is 5.91 Å². The van der Waals surface area contributed by atoms with E-state index in [1.165, 1.54) is 0 Å². The molecular weight excluding hydrogens is 353 g/mol. The average Bonchev–Trinajstić information content (AvgIpc) is 2.57. The SMILES string of the molecule is CCCN(CC(=O)Nc1ccc(Cl)cc1)C(=O)C1CNCCO1.Cl. The Morgan fingerprint density at radius 3 is 2.67 bits per heavy atom. The van der Waals surface area contributed by atoms with Gasteiger partial charge in [0, 0.05) is 30.3 Å². The molecule has 0 radical (unpaired) electrons. The van der Waals surface area contributed by atoms with Gasteiger partial charge in [0.2, 0.25) is 5.91 Å². The predicted octanol–water partition coefficient (Wildman–Crippen LogP) is 1.93. The van der Waals surface area contributed by atoms with Crippen molar-refractivity contribution in [2.45, 2.75) is 19.4 Å². The molecule has 1 aliphatic heterocycles. The fourth-order valence-corrected chi connectivity index (χ4v) is 2.50. The molecule has 2 amide bonds. The molecule has 8 heteroatoms. The molecule has 6 nitrogen and oxygen atoms in total. The van der Waals surface area contributed by atoms with E-state index in [4.69, 9.17) is 16.3 Å². The van der Waals surface area contributed by atoms with E-state index < -0.39 is 6.10 Å². The zero-order chi connectivity index (χ0) is 16.7. The monoisotopic (exact) mass is 375 g/mol. The molecule has 0 aromatic heterocycles. The molecule has 1 unspecified atom stereocenters. The Bertz CT molecular complexity index is 534. The Labute approximate surface area is 153 Å². The number of hydrogen-bond acceptors (Lipinski definition) is 4. The minimum Gasteiger partial charge on any atom is -0.366 e. The molecule has 1 aromatic carbocycles. The molecule has 1 fully saturated rings. The number of carbonyl (C=O) groups is 2. The Kier molecular flexibility index (Phi) is 9.07. The van der Waals surface area contributed by atoms with Crippen molar-refractivity contribution in [3.8, 4) is 0 Å². The number of rotatable bonds is 6. The van der Waals surface area contributed by atoms with E-state index in [0.717, 1.165) is 13.0 Å². The first kappa shape index (κ1) is 20.7. The Morgan fingerprint density at radius 1 is 1.38 bits per heavy atom. The summed E-state index contributed by atoms with van der Waals surface area (Å²) < 4.78 is 5.48. The zero-order valence-electron chi connectivity index (χ0n) is 13.6. The summed E-state index contributed by atoms with van der Waals surface area (Å²) in [7, 11) is 0. The Morgan fingerprint density at radius 2 is 2.08 bits per heavy atom. The average molecular weight is 376 g/mol. The number of halogens is 2. The van der Waals surface area contributed by atoms with Gasteiger partial charge < -0.3 is 20.3 Å². The zero-order valence-corrected chi connectivity index (χ0v) is 15.2. The molecule has 0 spiro atoms. The number of hydrogen-bond donors (Lipinski definition) is 2. The molecule has 1 heterocycles. The number of amides is 2. The summed E-state index contributed by atoms with van der Waals surface area (Å²) in [5.74, 6) is -0.386. The van der Waals surface area contributed by atoms with Gasteiger partial charge >= 0.3 is 0 Å². The van der Waals surface area contributed by atoms with Crippen molar-refractivity contribution >= 4 is 41.5 Å². The van der Waals surface area contributed by atoms with Crippen LogP contribution in [0.4, 0.5) is 5.69 Å². The van der Waals surface area contributed by atoms with Crippen LogP contribution in [0.5, 0.6) is 0 Å². The van der Waals surface area contributed by atoms with Crippen LogP contribution in [0.15, 0.2) is 24.3 Å². The van der Waals surface area contributed by atoms with Crippen molar-refractivity contribution in [3.63, 3.8) is 0 Å². The maximum atomic E-state index is 12.5. The first-order chi connectivity index (χ1) is 11.1. The molecule has 2 N–H and O–H groups in total. The van der Waals surface area contributed by atoms with Crippen molar-refractivity contribution in [2.24, 2.45) is 0 Å². The maximum absolute atomic E-state index is 12.5. The molecule has 1 aliphatic rings. The highest BCUT2D eigenvalue weighted by molar-refractivity contribution is 6.30. The van der Waals surface area contributed by atoms with Crippen molar-refractivity contribution in [3.05, 3.63) is 29.3 Å². The first-order valence-corrected chi connectivity index (χ1v) is 8.14. The third kappa shape index (κ3) is 6.28. The Hall–Kier alpha value is -1.34. The van der Waals surface area contributed by atoms with Crippen LogP contribution in [0.1, 0.15) is 13.3 Å². The molecule has 134 valence electrons. The molecule has 1 saturated heterocycles. The van der Waals surface area contributed by atoms with Gasteiger partial charge in [0.15, 0.2) is 0 Å². The fraction of sp³-hybridized carbons (Fsp3) is 0.500. The lowest BCUT2D eigenvalue weighted by Gasteiger charge is -2.29. The van der Waals surface area contributed by atoms with E-state index >= 15 is 0 Å². The van der Waals surface area contributed by atoms with Crippen LogP contribution in [0.2, 0.25) is 5.02 Å². The highest BCUT2D eigenvalue weighted by Crippen LogP contribution is 2.13. The summed E-state index contributed by atoms with van der Waals surface area (Å²) in [5.41, 5.74) is 0.652. The van der Waals surface area contributed by atoms with Gasteiger partial charge in [-0.05, 0) is 30.7 Å². The topological polar surface area (TPSA) is 70.7 Å². The standard InChI is InChI=1S/C16H22ClN3O3.ClH/c1-2-8-20(16(22)14-10-18-7-9-23-14)11-15(21)19-13-5-3-12(17)4-6-13;/h3-6,14,18H,2,7-11H2,1H3,(H,19,21);1H. The lowest BCUT2D eigenvalue weighted by atomic mass is 10.2. The van der Waals surface area contributed by atoms with Crippen LogP contribution in [0.3, 0.4) is 0 Å². The van der Waals surface area contributed by atoms with Crippen LogP contribution in [-0.2, 0) is 14.3 Å². The van der Waals surface area contributed by atoms with Gasteiger partial charge in [-0.3, -0.25) is 9.59 Å². The number of ether oxygens (including phenoxy) is 1. The molecule has 24 heavy (non-hydrogen) atoms. The van der Waals surface area contributed by atoms with Crippen molar-refractivity contribution in [2.75, 3.05) is 38.1 Å². The summed E-state index contributed by atoms with van der Waals surface area (Å²) in [6.07, 6.45) is 0.263. The number of nitrogens with zero attached hydrogens (tertiary/aromatic N) is 1. The van der Waals surface area contributed by atoms with Crippen molar-refractivity contribution in [1.29, 1.82) is 0 Å². The van der Waals surface area contributed by atoms with E-state index in [1.807, 2.05) is 6.92 Å². The van der Waals surface area contributed by atoms with Gasteiger partial charge in [-0.1, -0.05) is 18.5 Å². The van der Waals surface area contributed by atoms with Crippen LogP contribution in [-0.4, -0.2) is 55.6 Å². The molecule has 2 rings (SSSR count). The van der Waals surface area contributed by atoms with Crippen LogP contribution in [0.25, 0.3) is 0 Å². The lowest BCUT2D eigenvalue weighted by Crippen LogP contribution is -2.51. The summed E-state index contributed by atoms with van der Waals surface area (Å²) in [4.78, 5) is 26.2. The highest BCUT2D eigenvalue weighted by Gasteiger charge is 2.27. The van der Waals surface area contributed by atoms with Gasteiger partial charge in [-0.15, -0.1) is 12.4 Å². The summed E-state index contributed by atoms with van der Waals surface area (Å²) in [5, 5.41) is 6.50. The number of morpholine rings is 1. The van der Waals surface area contributed by atoms with Gasteiger partial charge in [-0.25, -0.2) is 0 Å². The van der Waals surface area contributed by atoms with E-state index in [0.29, 0.717) is 30.4 Å². The fourth-order valence-electron chi connectivity index (χ4n) is 2.37. The molecule has 0 saturated carbocycles. The second kappa shape index (κ2) is 10.5. The summed E-state index contributed by atoms with van der Waals surface area (Å²) in [6, 6.07) is 6.85. The van der Waals surface area contributed by atoms with Crippen LogP contribution < -0.4 is 10.6 Å². The van der Waals surface area contributed by atoms with E-state index in [-0.39, 0.29) is 30.8 Å². The minimum atomic E-state index is -0.515. The number of anilines is 1. The summed E-state index contributed by atoms with van der Waals surface area (Å²) >= 11 is 5.82. The van der Waals surface area contributed by atoms with Crippen molar-refractivity contribution in [1.82, 2.24) is 10.2 Å². The second-order valence-corrected chi connectivity index (χ2v) is 5.81. The third-order valence-electron chi connectivity index (χ3n) is 3.47. The molecule has 1 atom stereocenters. The van der Waals surface area contributed by atoms with Crippen LogP contribution >= 0.6 is 24.0 Å². The normalized spacial score (nSPS) is 16.8.